The molecule has 0 bridgehead atoms. The highest BCUT2D eigenvalue weighted by atomic mass is 35.5. The second-order valence-electron chi connectivity index (χ2n) is 6.34. The van der Waals surface area contributed by atoms with Gasteiger partial charge >= 0.3 is 11.9 Å². The molecule has 0 aliphatic carbocycles. The third-order valence-corrected chi connectivity index (χ3v) is 4.13. The summed E-state index contributed by atoms with van der Waals surface area (Å²) in [6.07, 6.45) is 0. The van der Waals surface area contributed by atoms with Crippen LogP contribution in [0.2, 0.25) is 5.02 Å². The van der Waals surface area contributed by atoms with Gasteiger partial charge in [0.05, 0.1) is 10.6 Å². The summed E-state index contributed by atoms with van der Waals surface area (Å²) in [5.41, 5.74) is 1.34. The molecule has 2 rings (SSSR count). The van der Waals surface area contributed by atoms with Crippen molar-refractivity contribution >= 4 is 35.1 Å². The van der Waals surface area contributed by atoms with Crippen LogP contribution in [-0.2, 0) is 9.59 Å². The Bertz CT molecular complexity index is 995. The number of halogens is 1. The third kappa shape index (κ3) is 5.56. The smallest absolute Gasteiger partial charge is 0.338 e. The first-order valence-corrected chi connectivity index (χ1v) is 8.91. The van der Waals surface area contributed by atoms with E-state index in [1.807, 2.05) is 0 Å². The van der Waals surface area contributed by atoms with Crippen LogP contribution in [0.25, 0.3) is 0 Å². The van der Waals surface area contributed by atoms with Gasteiger partial charge in [0.1, 0.15) is 11.5 Å². The molecule has 2 aromatic rings. The van der Waals surface area contributed by atoms with Gasteiger partial charge in [-0.25, -0.2) is 9.59 Å². The highest BCUT2D eigenvalue weighted by molar-refractivity contribution is 6.34. The van der Waals surface area contributed by atoms with Crippen LogP contribution in [0.3, 0.4) is 0 Å². The second-order valence-corrected chi connectivity index (χ2v) is 6.75. The van der Waals surface area contributed by atoms with Crippen molar-refractivity contribution in [1.82, 2.24) is 0 Å². The Kier molecular flexibility index (Phi) is 6.96. The van der Waals surface area contributed by atoms with Crippen molar-refractivity contribution in [2.75, 3.05) is 11.9 Å². The Morgan fingerprint density at radius 3 is 1.83 bits per heavy atom. The molecule has 0 atom stereocenters. The van der Waals surface area contributed by atoms with Gasteiger partial charge in [-0.3, -0.25) is 4.79 Å². The van der Waals surface area contributed by atoms with Gasteiger partial charge in [-0.15, -0.1) is 0 Å². The summed E-state index contributed by atoms with van der Waals surface area (Å²) >= 11 is 6.20. The van der Waals surface area contributed by atoms with Crippen molar-refractivity contribution in [3.63, 3.8) is 0 Å². The van der Waals surface area contributed by atoms with E-state index in [0.29, 0.717) is 11.4 Å². The molecule has 0 aliphatic heterocycles. The maximum Gasteiger partial charge on any atom is 0.338 e. The summed E-state index contributed by atoms with van der Waals surface area (Å²) in [6, 6.07) is 10.8. The molecule has 0 saturated carbocycles. The fourth-order valence-corrected chi connectivity index (χ4v) is 2.41. The number of rotatable bonds is 6. The molecule has 1 amide bonds. The number of carbonyl (C=O) groups excluding carboxylic acids is 3. The molecule has 0 heterocycles. The number of amides is 1. The molecule has 150 valence electrons. The van der Waals surface area contributed by atoms with E-state index in [0.717, 1.165) is 0 Å². The van der Waals surface area contributed by atoms with E-state index in [1.165, 1.54) is 30.0 Å². The minimum Gasteiger partial charge on any atom is -0.423 e. The molecule has 0 radical (unpaired) electrons. The third-order valence-electron chi connectivity index (χ3n) is 3.82. The Hall–Kier alpha value is -3.38. The minimum atomic E-state index is -0.579. The van der Waals surface area contributed by atoms with Gasteiger partial charge in [-0.1, -0.05) is 24.8 Å². The highest BCUT2D eigenvalue weighted by Crippen LogP contribution is 2.26. The SMILES string of the molecule is C=C(C)C(=O)Oc1ccc(N(C)C(=O)c2ccc(OC(=O)C(=C)C)cc2Cl)cc1. The molecular weight excluding hydrogens is 394 g/mol. The lowest BCUT2D eigenvalue weighted by Crippen LogP contribution is -2.26. The number of esters is 2. The average molecular weight is 414 g/mol. The van der Waals surface area contributed by atoms with Crippen LogP contribution in [0.1, 0.15) is 24.2 Å². The van der Waals surface area contributed by atoms with E-state index >= 15 is 0 Å². The van der Waals surface area contributed by atoms with Gasteiger partial charge in [0.2, 0.25) is 0 Å². The van der Waals surface area contributed by atoms with E-state index < -0.39 is 11.9 Å². The largest absolute Gasteiger partial charge is 0.423 e. The predicted molar refractivity (Wildman–Crippen MR) is 112 cm³/mol. The van der Waals surface area contributed by atoms with Crippen LogP contribution in [-0.4, -0.2) is 24.9 Å². The first-order valence-electron chi connectivity index (χ1n) is 8.53. The van der Waals surface area contributed by atoms with Crippen molar-refractivity contribution in [3.8, 4) is 11.5 Å². The van der Waals surface area contributed by atoms with Gasteiger partial charge in [-0.2, -0.15) is 0 Å². The van der Waals surface area contributed by atoms with Crippen LogP contribution >= 0.6 is 11.6 Å². The second kappa shape index (κ2) is 9.21. The van der Waals surface area contributed by atoms with Gasteiger partial charge < -0.3 is 14.4 Å². The van der Waals surface area contributed by atoms with Crippen molar-refractivity contribution in [1.29, 1.82) is 0 Å². The minimum absolute atomic E-state index is 0.140. The number of benzene rings is 2. The quantitative estimate of drug-likeness (QED) is 0.393. The van der Waals surface area contributed by atoms with Crippen LogP contribution in [0.5, 0.6) is 11.5 Å². The molecule has 29 heavy (non-hydrogen) atoms. The van der Waals surface area contributed by atoms with E-state index in [4.69, 9.17) is 21.1 Å². The number of ether oxygens (including phenoxy) is 2. The van der Waals surface area contributed by atoms with Gasteiger partial charge in [0.25, 0.3) is 5.91 Å². The summed E-state index contributed by atoms with van der Waals surface area (Å²) in [4.78, 5) is 37.3. The van der Waals surface area contributed by atoms with E-state index in [9.17, 15) is 14.4 Å². The molecule has 0 unspecified atom stereocenters. The Morgan fingerprint density at radius 1 is 0.862 bits per heavy atom. The average Bonchev–Trinajstić information content (AvgIpc) is 2.67. The fraction of sp³-hybridized carbons (Fsp3) is 0.136. The Balaban J connectivity index is 2.15. The topological polar surface area (TPSA) is 72.9 Å². The first-order chi connectivity index (χ1) is 13.6. The molecule has 0 fully saturated rings. The van der Waals surface area contributed by atoms with Crippen molar-refractivity contribution in [3.05, 3.63) is 77.4 Å². The van der Waals surface area contributed by atoms with Gasteiger partial charge in [0.15, 0.2) is 0 Å². The standard InChI is InChI=1S/C22H20ClNO5/c1-13(2)21(26)28-16-8-6-15(7-9-16)24(5)20(25)18-11-10-17(12-19(18)23)29-22(27)14(3)4/h6-12H,1,3H2,2,4-5H3. The monoisotopic (exact) mass is 413 g/mol. The molecular formula is C22H20ClNO5. The Morgan fingerprint density at radius 2 is 1.34 bits per heavy atom. The van der Waals surface area contributed by atoms with Crippen molar-refractivity contribution in [2.24, 2.45) is 0 Å². The molecule has 0 N–H and O–H groups in total. The van der Waals surface area contributed by atoms with E-state index in [-0.39, 0.29) is 33.4 Å². The molecule has 0 aromatic heterocycles. The summed E-state index contributed by atoms with van der Waals surface area (Å²) in [5.74, 6) is -0.916. The van der Waals surface area contributed by atoms with Crippen LogP contribution < -0.4 is 14.4 Å². The molecule has 2 aromatic carbocycles. The highest BCUT2D eigenvalue weighted by Gasteiger charge is 2.18. The normalized spacial score (nSPS) is 10.1. The summed E-state index contributed by atoms with van der Waals surface area (Å²) < 4.78 is 10.2. The lowest BCUT2D eigenvalue weighted by molar-refractivity contribution is -0.130. The number of hydrogen-bond donors (Lipinski definition) is 0. The van der Waals surface area contributed by atoms with E-state index in [1.54, 1.807) is 38.2 Å². The molecule has 6 nitrogen and oxygen atoms in total. The van der Waals surface area contributed by atoms with Crippen molar-refractivity contribution < 1.29 is 23.9 Å². The zero-order valence-corrected chi connectivity index (χ0v) is 17.1. The lowest BCUT2D eigenvalue weighted by Gasteiger charge is -2.18. The molecule has 7 heteroatoms. The zero-order chi connectivity index (χ0) is 21.7. The maximum atomic E-state index is 12.8. The summed E-state index contributed by atoms with van der Waals surface area (Å²) in [5, 5.41) is 0.140. The van der Waals surface area contributed by atoms with Crippen molar-refractivity contribution in [2.45, 2.75) is 13.8 Å². The van der Waals surface area contributed by atoms with E-state index in [2.05, 4.69) is 13.2 Å². The summed E-state index contributed by atoms with van der Waals surface area (Å²) in [6.45, 7) is 10.1. The fourth-order valence-electron chi connectivity index (χ4n) is 2.16. The number of carbonyl (C=O) groups is 3. The zero-order valence-electron chi connectivity index (χ0n) is 16.3. The number of hydrogen-bond acceptors (Lipinski definition) is 5. The number of nitrogens with zero attached hydrogens (tertiary/aromatic N) is 1. The lowest BCUT2D eigenvalue weighted by atomic mass is 10.1. The predicted octanol–water partition coefficient (Wildman–Crippen LogP) is 4.58. The summed E-state index contributed by atoms with van der Waals surface area (Å²) in [7, 11) is 1.59. The maximum absolute atomic E-state index is 12.8. The molecule has 0 saturated heterocycles. The van der Waals surface area contributed by atoms with Crippen LogP contribution in [0.15, 0.2) is 66.8 Å². The van der Waals surface area contributed by atoms with Crippen LogP contribution in [0.4, 0.5) is 5.69 Å². The molecule has 0 aliphatic rings. The first kappa shape index (κ1) is 21.9. The number of anilines is 1. The Labute approximate surface area is 174 Å². The van der Waals surface area contributed by atoms with Gasteiger partial charge in [0, 0.05) is 29.9 Å². The van der Waals surface area contributed by atoms with Gasteiger partial charge in [-0.05, 0) is 50.2 Å². The molecule has 0 spiro atoms. The van der Waals surface area contributed by atoms with Crippen LogP contribution in [0, 0.1) is 0 Å².